The number of aromatic nitrogens is 2. The summed E-state index contributed by atoms with van der Waals surface area (Å²) >= 11 is 0. The Balaban J connectivity index is 2.52. The molecule has 0 saturated heterocycles. The Hall–Kier alpha value is -2.62. The van der Waals surface area contributed by atoms with Gasteiger partial charge in [-0.25, -0.2) is 4.98 Å². The quantitative estimate of drug-likeness (QED) is 0.742. The second kappa shape index (κ2) is 5.88. The fraction of sp³-hybridized carbons (Fsp3) is 0.263. The summed E-state index contributed by atoms with van der Waals surface area (Å²) in [5, 5.41) is 0. The minimum atomic E-state index is -3.25. The maximum absolute atomic E-state index is 13.1. The Kier molecular flexibility index (Phi) is 1.40. The van der Waals surface area contributed by atoms with Gasteiger partial charge in [0.15, 0.2) is 0 Å². The average molecular weight is 322 g/mol. The van der Waals surface area contributed by atoms with Crippen LogP contribution < -0.4 is 0 Å². The molecule has 3 rings (SSSR count). The monoisotopic (exact) mass is 322 g/mol. The van der Waals surface area contributed by atoms with Gasteiger partial charge in [-0.15, -0.1) is 0 Å². The maximum Gasteiger partial charge on any atom is 0.228 e. The van der Waals surface area contributed by atoms with Crippen LogP contribution in [0.5, 0.6) is 0 Å². The fourth-order valence-corrected chi connectivity index (χ4v) is 1.95. The molecular formula is C19H21N3O. The zero-order valence-electron chi connectivity index (χ0n) is 27.0. The highest BCUT2D eigenvalue weighted by molar-refractivity contribution is 5.81. The number of aryl methyl sites for hydroxylation is 1. The molecule has 3 aromatic rings. The number of benzene rings is 1. The van der Waals surface area contributed by atoms with Crippen molar-refractivity contribution in [2.24, 2.45) is 0 Å². The number of carbonyl (C=O) groups is 1. The van der Waals surface area contributed by atoms with Crippen molar-refractivity contribution in [3.05, 3.63) is 59.3 Å². The van der Waals surface area contributed by atoms with E-state index in [0.29, 0.717) is 0 Å². The van der Waals surface area contributed by atoms with Crippen molar-refractivity contribution in [3.8, 4) is 11.3 Å². The van der Waals surface area contributed by atoms with Crippen LogP contribution in [0.4, 0.5) is 0 Å². The molecule has 0 aliphatic heterocycles. The highest BCUT2D eigenvalue weighted by atomic mass is 16.2. The van der Waals surface area contributed by atoms with Gasteiger partial charge in [0.2, 0.25) is 5.91 Å². The zero-order valence-corrected chi connectivity index (χ0v) is 12.0. The Morgan fingerprint density at radius 1 is 1.30 bits per heavy atom. The van der Waals surface area contributed by atoms with Crippen LogP contribution in [0, 0.1) is 13.7 Å². The molecule has 23 heavy (non-hydrogen) atoms. The molecule has 0 unspecified atom stereocenters. The van der Waals surface area contributed by atoms with Gasteiger partial charge in [0.25, 0.3) is 0 Å². The minimum Gasteiger partial charge on any atom is -0.348 e. The van der Waals surface area contributed by atoms with Gasteiger partial charge in [-0.3, -0.25) is 4.79 Å². The maximum atomic E-state index is 13.1. The minimum absolute atomic E-state index is 0.149. The van der Waals surface area contributed by atoms with Crippen molar-refractivity contribution in [1.82, 2.24) is 14.3 Å². The molecular weight excluding hydrogens is 286 g/mol. The van der Waals surface area contributed by atoms with E-state index in [-0.39, 0.29) is 16.1 Å². The van der Waals surface area contributed by atoms with Gasteiger partial charge in [-0.05, 0) is 25.3 Å². The molecule has 0 fully saturated rings. The highest BCUT2D eigenvalue weighted by Crippen LogP contribution is 2.26. The van der Waals surface area contributed by atoms with E-state index in [9.17, 15) is 4.79 Å². The van der Waals surface area contributed by atoms with Crippen molar-refractivity contribution in [2.45, 2.75) is 20.1 Å². The van der Waals surface area contributed by atoms with Gasteiger partial charge in [-0.2, -0.15) is 0 Å². The molecule has 0 aliphatic carbocycles. The number of rotatable bonds is 3. The molecule has 0 N–H and O–H groups in total. The summed E-state index contributed by atoms with van der Waals surface area (Å²) < 4.78 is 120. The smallest absolute Gasteiger partial charge is 0.228 e. The fourth-order valence-electron chi connectivity index (χ4n) is 1.95. The van der Waals surface area contributed by atoms with E-state index < -0.39 is 79.6 Å². The second-order valence-corrected chi connectivity index (χ2v) is 4.69. The number of hydrogen-bond acceptors (Lipinski definition) is 2. The molecule has 0 aliphatic rings. The van der Waals surface area contributed by atoms with Crippen LogP contribution in [0.25, 0.3) is 16.9 Å². The van der Waals surface area contributed by atoms with E-state index in [1.54, 1.807) is 0 Å². The van der Waals surface area contributed by atoms with Gasteiger partial charge in [0.1, 0.15) is 5.65 Å². The SMILES string of the molecule is [2H]c1c([2H])c(C([2H])([2H])[2H])c([2H])c([2H])c1-c1nc2ccc(C([2H])([2H])[2H])cn2c1C([2H])([2H])C(=O)N(C)C([2H])([2H])[2H]. The van der Waals surface area contributed by atoms with Gasteiger partial charge in [-0.1, -0.05) is 35.8 Å². The standard InChI is InChI=1S/C19H21N3O/c1-13-5-8-15(9-6-13)19-16(11-18(23)21(3)4)22-12-14(2)7-10-17(22)20-19/h5-10,12H,11H2,1-4H3/i1D3,2D3,3D3,5D,6D,8D,9D,11D2. The van der Waals surface area contributed by atoms with E-state index in [1.807, 2.05) is 0 Å². The number of likely N-dealkylation sites (N-methyl/N-ethyl adjacent to an activating group) is 1. The van der Waals surface area contributed by atoms with E-state index in [2.05, 4.69) is 4.98 Å². The van der Waals surface area contributed by atoms with E-state index >= 15 is 0 Å². The molecule has 0 bridgehead atoms. The van der Waals surface area contributed by atoms with Crippen LogP contribution in [0.2, 0.25) is 0 Å². The number of fused-ring (bicyclic) bond motifs is 1. The first kappa shape index (κ1) is 5.48. The molecule has 2 heterocycles. The summed E-state index contributed by atoms with van der Waals surface area (Å²) in [6, 6.07) is -1.37. The molecule has 4 nitrogen and oxygen atoms in total. The summed E-state index contributed by atoms with van der Waals surface area (Å²) in [5.41, 5.74) is -3.39. The normalized spacial score (nSPS) is 22.7. The van der Waals surface area contributed by atoms with Crippen LogP contribution in [0.3, 0.4) is 0 Å². The lowest BCUT2D eigenvalue weighted by atomic mass is 10.1. The summed E-state index contributed by atoms with van der Waals surface area (Å²) in [4.78, 5) is 17.4. The Morgan fingerprint density at radius 2 is 2.09 bits per heavy atom. The average Bonchev–Trinajstić information content (AvgIpc) is 3.13. The van der Waals surface area contributed by atoms with Crippen molar-refractivity contribution in [2.75, 3.05) is 14.0 Å². The Bertz CT molecular complexity index is 1400. The third kappa shape index (κ3) is 2.97. The van der Waals surface area contributed by atoms with Gasteiger partial charge < -0.3 is 9.30 Å². The number of imidazole rings is 1. The highest BCUT2D eigenvalue weighted by Gasteiger charge is 2.18. The van der Waals surface area contributed by atoms with E-state index in [0.717, 1.165) is 29.8 Å². The zero-order chi connectivity index (χ0) is 29.3. The van der Waals surface area contributed by atoms with Gasteiger partial charge in [0.05, 0.1) is 23.2 Å². The van der Waals surface area contributed by atoms with Gasteiger partial charge >= 0.3 is 0 Å². The molecule has 0 radical (unpaired) electrons. The number of nitrogens with zero attached hydrogens (tertiary/aromatic N) is 3. The first-order valence-electron chi connectivity index (χ1n) is 14.0. The second-order valence-electron chi connectivity index (χ2n) is 4.69. The lowest BCUT2D eigenvalue weighted by molar-refractivity contribution is -0.128. The largest absolute Gasteiger partial charge is 0.348 e. The predicted octanol–water partition coefficient (Wildman–Crippen LogP) is 3.25. The molecule has 0 atom stereocenters. The summed E-state index contributed by atoms with van der Waals surface area (Å²) in [6.07, 6.45) is -2.31. The topological polar surface area (TPSA) is 37.6 Å². The number of hydrogen-bond donors (Lipinski definition) is 0. The van der Waals surface area contributed by atoms with Crippen molar-refractivity contribution in [3.63, 3.8) is 0 Å². The third-order valence-corrected chi connectivity index (χ3v) is 3.01. The number of amides is 1. The Labute approximate surface area is 157 Å². The van der Waals surface area contributed by atoms with Crippen LogP contribution in [0.1, 0.15) is 37.4 Å². The molecule has 2 aromatic heterocycles. The molecule has 1 aromatic carbocycles. The predicted molar refractivity (Wildman–Crippen MR) is 92.5 cm³/mol. The lowest BCUT2D eigenvalue weighted by Crippen LogP contribution is -2.24. The van der Waals surface area contributed by atoms with Gasteiger partial charge in [0, 0.05) is 40.9 Å². The van der Waals surface area contributed by atoms with E-state index in [1.165, 1.54) is 0 Å². The molecule has 0 saturated carbocycles. The lowest BCUT2D eigenvalue weighted by Gasteiger charge is -2.11. The van der Waals surface area contributed by atoms with E-state index in [4.69, 9.17) is 20.6 Å². The van der Waals surface area contributed by atoms with Crippen LogP contribution in [-0.2, 0) is 11.2 Å². The summed E-state index contributed by atoms with van der Waals surface area (Å²) in [7, 11) is 0.824. The van der Waals surface area contributed by atoms with Crippen LogP contribution in [0.15, 0.2) is 42.5 Å². The Morgan fingerprint density at radius 3 is 2.78 bits per heavy atom. The van der Waals surface area contributed by atoms with Crippen LogP contribution in [-0.4, -0.2) is 34.2 Å². The summed E-state index contributed by atoms with van der Waals surface area (Å²) in [5.74, 6) is -1.59. The molecule has 118 valence electrons. The molecule has 1 amide bonds. The number of pyridine rings is 1. The third-order valence-electron chi connectivity index (χ3n) is 3.01. The molecule has 4 heteroatoms. The summed E-state index contributed by atoms with van der Waals surface area (Å²) in [6.45, 7) is -8.78. The van der Waals surface area contributed by atoms with Crippen LogP contribution >= 0.6 is 0 Å². The molecule has 0 spiro atoms. The first-order chi connectivity index (χ1) is 17.0. The van der Waals surface area contributed by atoms with Crippen molar-refractivity contribution >= 4 is 11.6 Å². The first-order valence-corrected chi connectivity index (χ1v) is 6.45. The number of carbonyl (C=O) groups excluding carboxylic acids is 1. The van der Waals surface area contributed by atoms with Crippen molar-refractivity contribution < 1.29 is 25.4 Å². The van der Waals surface area contributed by atoms with Crippen molar-refractivity contribution in [1.29, 1.82) is 0 Å².